The molecule has 3 aromatic rings. The summed E-state index contributed by atoms with van der Waals surface area (Å²) >= 11 is 0. The Morgan fingerprint density at radius 1 is 1.19 bits per heavy atom. The maximum Gasteiger partial charge on any atom is 0.223 e. The van der Waals surface area contributed by atoms with Crippen molar-refractivity contribution in [2.45, 2.75) is 89.1 Å². The number of para-hydroxylation sites is 2. The fraction of sp³-hybridized carbons (Fsp3) is 0.552. The number of aromatic nitrogens is 3. The zero-order valence-electron chi connectivity index (χ0n) is 21.8. The molecule has 2 aromatic heterocycles. The predicted molar refractivity (Wildman–Crippen MR) is 142 cm³/mol. The lowest BCUT2D eigenvalue weighted by molar-refractivity contribution is -0.128. The number of aryl methyl sites for hydroxylation is 2. The van der Waals surface area contributed by atoms with Crippen molar-refractivity contribution in [1.29, 1.82) is 0 Å². The van der Waals surface area contributed by atoms with E-state index in [1.165, 1.54) is 5.56 Å². The molecule has 6 atom stereocenters. The summed E-state index contributed by atoms with van der Waals surface area (Å²) in [6.45, 7) is 4.51. The van der Waals surface area contributed by atoms with Crippen LogP contribution in [0.3, 0.4) is 0 Å². The molecule has 0 bridgehead atoms. The summed E-state index contributed by atoms with van der Waals surface area (Å²) < 4.78 is 2.13. The van der Waals surface area contributed by atoms with Gasteiger partial charge >= 0.3 is 0 Å². The van der Waals surface area contributed by atoms with Crippen molar-refractivity contribution in [2.75, 3.05) is 0 Å². The predicted octanol–water partition coefficient (Wildman–Crippen LogP) is 3.47. The van der Waals surface area contributed by atoms with Gasteiger partial charge in [0, 0.05) is 29.9 Å². The maximum absolute atomic E-state index is 13.5. The molecule has 4 N–H and O–H groups in total. The van der Waals surface area contributed by atoms with Crippen LogP contribution >= 0.6 is 0 Å². The number of amides is 1. The number of nitrogens with one attached hydrogen (secondary N) is 3. The first-order chi connectivity index (χ1) is 17.9. The van der Waals surface area contributed by atoms with Crippen LogP contribution in [0, 0.1) is 25.7 Å². The third-order valence-electron chi connectivity index (χ3n) is 8.87. The number of hydrogen-bond donors (Lipinski definition) is 4. The highest BCUT2D eigenvalue weighted by molar-refractivity contribution is 5.79. The topological polar surface area (TPSA) is 104 Å². The Labute approximate surface area is 218 Å². The zero-order valence-corrected chi connectivity index (χ0v) is 21.8. The van der Waals surface area contributed by atoms with E-state index in [9.17, 15) is 9.90 Å². The van der Waals surface area contributed by atoms with Gasteiger partial charge in [0.15, 0.2) is 0 Å². The van der Waals surface area contributed by atoms with Crippen LogP contribution in [0.25, 0.3) is 11.0 Å². The third kappa shape index (κ3) is 4.90. The lowest BCUT2D eigenvalue weighted by Crippen LogP contribution is -2.50. The molecular formula is C29H38N6O2. The van der Waals surface area contributed by atoms with Gasteiger partial charge in [-0.2, -0.15) is 0 Å². The minimum Gasteiger partial charge on any atom is -0.388 e. The Kier molecular flexibility index (Phi) is 6.51. The van der Waals surface area contributed by atoms with E-state index in [1.54, 1.807) is 0 Å². The normalized spacial score (nSPS) is 31.8. The second kappa shape index (κ2) is 9.82. The first-order valence-corrected chi connectivity index (χ1v) is 13.8. The first-order valence-electron chi connectivity index (χ1n) is 13.8. The molecule has 37 heavy (non-hydrogen) atoms. The molecule has 3 heterocycles. The average Bonchev–Trinajstić information content (AvgIpc) is 3.44. The molecule has 1 amide bonds. The first kappa shape index (κ1) is 24.5. The molecule has 0 radical (unpaired) electrons. The van der Waals surface area contributed by atoms with E-state index in [1.807, 2.05) is 38.2 Å². The number of nitrogens with zero attached hydrogens (tertiary/aromatic N) is 3. The largest absolute Gasteiger partial charge is 0.388 e. The van der Waals surface area contributed by atoms with Gasteiger partial charge in [-0.1, -0.05) is 12.1 Å². The molecule has 2 saturated carbocycles. The molecule has 1 saturated heterocycles. The van der Waals surface area contributed by atoms with E-state index in [2.05, 4.69) is 48.9 Å². The molecule has 1 aliphatic heterocycles. The van der Waals surface area contributed by atoms with Gasteiger partial charge in [-0.25, -0.2) is 10.4 Å². The van der Waals surface area contributed by atoms with Crippen LogP contribution in [0.15, 0.2) is 42.6 Å². The monoisotopic (exact) mass is 502 g/mol. The Hall–Kier alpha value is -2.81. The van der Waals surface area contributed by atoms with Crippen molar-refractivity contribution in [3.63, 3.8) is 0 Å². The number of fused-ring (bicyclic) bond motifs is 2. The van der Waals surface area contributed by atoms with Crippen molar-refractivity contribution in [3.8, 4) is 0 Å². The van der Waals surface area contributed by atoms with Crippen molar-refractivity contribution >= 4 is 16.9 Å². The van der Waals surface area contributed by atoms with E-state index in [4.69, 9.17) is 0 Å². The van der Waals surface area contributed by atoms with Crippen LogP contribution in [-0.4, -0.2) is 43.2 Å². The van der Waals surface area contributed by atoms with E-state index in [0.29, 0.717) is 24.9 Å². The summed E-state index contributed by atoms with van der Waals surface area (Å²) in [5.74, 6) is 1.43. The highest BCUT2D eigenvalue weighted by atomic mass is 16.3. The van der Waals surface area contributed by atoms with E-state index < -0.39 is 5.60 Å². The van der Waals surface area contributed by atoms with Crippen LogP contribution in [0.1, 0.15) is 68.1 Å². The Bertz CT molecular complexity index is 1290. The highest BCUT2D eigenvalue weighted by Crippen LogP contribution is 2.41. The molecule has 1 aromatic carbocycles. The molecule has 3 fully saturated rings. The molecule has 6 rings (SSSR count). The highest BCUT2D eigenvalue weighted by Gasteiger charge is 2.43. The lowest BCUT2D eigenvalue weighted by Gasteiger charge is -2.39. The number of hydrogen-bond acceptors (Lipinski definition) is 6. The molecule has 0 spiro atoms. The average molecular weight is 503 g/mol. The Morgan fingerprint density at radius 3 is 2.92 bits per heavy atom. The second-order valence-corrected chi connectivity index (χ2v) is 11.5. The number of hydrazine groups is 1. The quantitative estimate of drug-likeness (QED) is 0.426. The van der Waals surface area contributed by atoms with Gasteiger partial charge in [0.1, 0.15) is 5.82 Å². The number of rotatable bonds is 5. The second-order valence-electron chi connectivity index (χ2n) is 11.5. The van der Waals surface area contributed by atoms with Gasteiger partial charge in [-0.3, -0.25) is 15.2 Å². The van der Waals surface area contributed by atoms with Gasteiger partial charge in [-0.15, -0.1) is 0 Å². The number of carbonyl (C=O) groups is 1. The third-order valence-corrected chi connectivity index (χ3v) is 8.87. The van der Waals surface area contributed by atoms with Gasteiger partial charge in [-0.05, 0) is 94.5 Å². The van der Waals surface area contributed by atoms with Crippen LogP contribution in [0.4, 0.5) is 0 Å². The minimum absolute atomic E-state index is 0.00228. The molecule has 2 aliphatic carbocycles. The smallest absolute Gasteiger partial charge is 0.223 e. The van der Waals surface area contributed by atoms with Gasteiger partial charge < -0.3 is 15.0 Å². The van der Waals surface area contributed by atoms with Crippen LogP contribution in [-0.2, 0) is 11.3 Å². The fourth-order valence-corrected chi connectivity index (χ4v) is 7.00. The zero-order chi connectivity index (χ0) is 25.6. The van der Waals surface area contributed by atoms with Gasteiger partial charge in [0.25, 0.3) is 0 Å². The van der Waals surface area contributed by atoms with Crippen LogP contribution in [0.5, 0.6) is 0 Å². The Morgan fingerprint density at radius 2 is 2.05 bits per heavy atom. The van der Waals surface area contributed by atoms with Gasteiger partial charge in [0.2, 0.25) is 5.91 Å². The number of aliphatic hydroxyl groups is 1. The summed E-state index contributed by atoms with van der Waals surface area (Å²) in [6, 6.07) is 12.9. The number of pyridine rings is 1. The summed E-state index contributed by atoms with van der Waals surface area (Å²) in [6.07, 6.45) is 7.73. The minimum atomic E-state index is -0.855. The molecular weight excluding hydrogens is 464 g/mol. The number of imidazole rings is 1. The van der Waals surface area contributed by atoms with Crippen LogP contribution < -0.4 is 16.2 Å². The van der Waals surface area contributed by atoms with Crippen molar-refractivity contribution in [1.82, 2.24) is 30.7 Å². The maximum atomic E-state index is 13.5. The van der Waals surface area contributed by atoms with Crippen LogP contribution in [0.2, 0.25) is 0 Å². The summed E-state index contributed by atoms with van der Waals surface area (Å²) in [4.78, 5) is 22.5. The van der Waals surface area contributed by atoms with Crippen molar-refractivity contribution in [3.05, 3.63) is 59.7 Å². The molecule has 8 nitrogen and oxygen atoms in total. The van der Waals surface area contributed by atoms with Crippen molar-refractivity contribution in [2.24, 2.45) is 11.8 Å². The van der Waals surface area contributed by atoms with E-state index in [0.717, 1.165) is 61.1 Å². The standard InChI is InChI=1S/C29H38N6O2/c1-18-14-20(11-13-30-18)27-23-15-21(9-10-24(23)33-34-27)28(36)32-22-6-5-12-29(37,16-22)17-35-19(2)31-25-7-3-4-8-26(25)35/h3-4,7-8,11,13-14,21-24,27,33-34,37H,5-6,9-10,12,15-17H2,1-2H3,(H,32,36)/t21?,22-,23?,24?,27?,29+/m0/s1. The molecule has 3 aliphatic rings. The van der Waals surface area contributed by atoms with E-state index in [-0.39, 0.29) is 23.9 Å². The number of carbonyl (C=O) groups excluding carboxylic acids is 1. The lowest BCUT2D eigenvalue weighted by atomic mass is 9.74. The fourth-order valence-electron chi connectivity index (χ4n) is 7.00. The SMILES string of the molecule is Cc1cc(C2NNC3CCC(C(=O)N[C@H]4CCC[C@](O)(Cn5c(C)nc6ccccc65)C4)CC32)ccn1. The number of benzene rings is 1. The van der Waals surface area contributed by atoms with Gasteiger partial charge in [0.05, 0.1) is 29.2 Å². The summed E-state index contributed by atoms with van der Waals surface area (Å²) in [7, 11) is 0. The molecule has 4 unspecified atom stereocenters. The Balaban J connectivity index is 1.11. The van der Waals surface area contributed by atoms with E-state index >= 15 is 0 Å². The molecule has 8 heteroatoms. The van der Waals surface area contributed by atoms with Crippen molar-refractivity contribution < 1.29 is 9.90 Å². The molecule has 196 valence electrons. The summed E-state index contributed by atoms with van der Waals surface area (Å²) in [5.41, 5.74) is 10.3. The summed E-state index contributed by atoms with van der Waals surface area (Å²) in [5, 5.41) is 14.9.